The van der Waals surface area contributed by atoms with Gasteiger partial charge in [0.2, 0.25) is 15.9 Å². The Hall–Kier alpha value is -2.29. The maximum atomic E-state index is 13.1. The van der Waals surface area contributed by atoms with Crippen molar-refractivity contribution in [1.82, 2.24) is 9.21 Å². The predicted molar refractivity (Wildman–Crippen MR) is 113 cm³/mol. The second-order valence-electron chi connectivity index (χ2n) is 7.90. The molecule has 1 atom stereocenters. The Morgan fingerprint density at radius 1 is 1.00 bits per heavy atom. The van der Waals surface area contributed by atoms with E-state index in [1.807, 2.05) is 17.0 Å². The van der Waals surface area contributed by atoms with Gasteiger partial charge in [-0.15, -0.1) is 0 Å². The summed E-state index contributed by atoms with van der Waals surface area (Å²) < 4.78 is 40.7. The van der Waals surface area contributed by atoms with Gasteiger partial charge in [0.15, 0.2) is 0 Å². The van der Waals surface area contributed by atoms with Gasteiger partial charge in [0.1, 0.15) is 5.82 Å². The lowest BCUT2D eigenvalue weighted by Crippen LogP contribution is -2.53. The number of amides is 1. The normalized spacial score (nSPS) is 18.7. The smallest absolute Gasteiger partial charge is 0.243 e. The van der Waals surface area contributed by atoms with E-state index in [1.54, 1.807) is 13.0 Å². The molecule has 30 heavy (non-hydrogen) atoms. The number of nitrogens with zero attached hydrogens (tertiary/aromatic N) is 2. The number of hydrogen-bond acceptors (Lipinski definition) is 4. The highest BCUT2D eigenvalue weighted by Crippen LogP contribution is 2.27. The molecule has 1 N–H and O–H groups in total. The summed E-state index contributed by atoms with van der Waals surface area (Å²) in [5, 5.41) is 2.78. The van der Waals surface area contributed by atoms with Crippen LogP contribution >= 0.6 is 0 Å². The van der Waals surface area contributed by atoms with Crippen molar-refractivity contribution < 1.29 is 17.6 Å². The van der Waals surface area contributed by atoms with Crippen LogP contribution < -0.4 is 5.32 Å². The summed E-state index contributed by atoms with van der Waals surface area (Å²) in [5.74, 6) is -0.557. The van der Waals surface area contributed by atoms with Crippen LogP contribution in [0, 0.1) is 5.82 Å². The number of sulfonamides is 1. The largest absolute Gasteiger partial charge is 0.325 e. The summed E-state index contributed by atoms with van der Waals surface area (Å²) >= 11 is 0. The molecule has 0 unspecified atom stereocenters. The molecule has 4 rings (SSSR count). The molecule has 6 nitrogen and oxygen atoms in total. The van der Waals surface area contributed by atoms with E-state index in [9.17, 15) is 17.6 Å². The Morgan fingerprint density at radius 2 is 1.67 bits per heavy atom. The molecular formula is C22H26FN3O3S. The van der Waals surface area contributed by atoms with E-state index < -0.39 is 16.1 Å². The standard InChI is InChI=1S/C22H26FN3O3S/c1-16(22(27)24-20-8-6-19(23)7-9-20)25-11-13-26(14-12-25)30(28,29)21-10-5-17-3-2-4-18(17)15-21/h5-10,15-16H,2-4,11-14H2,1H3,(H,24,27)/t16-/m0/s1. The third-order valence-corrected chi connectivity index (χ3v) is 7.91. The fourth-order valence-corrected chi connectivity index (χ4v) is 5.61. The van der Waals surface area contributed by atoms with Crippen LogP contribution in [0.5, 0.6) is 0 Å². The average Bonchev–Trinajstić information content (AvgIpc) is 3.23. The first-order chi connectivity index (χ1) is 14.3. The van der Waals surface area contributed by atoms with Crippen molar-refractivity contribution >= 4 is 21.6 Å². The maximum absolute atomic E-state index is 13.1. The molecule has 1 aliphatic heterocycles. The number of rotatable bonds is 5. The SMILES string of the molecule is C[C@@H](C(=O)Nc1ccc(F)cc1)N1CCN(S(=O)(=O)c2ccc3c(c2)CCC3)CC1. The number of carbonyl (C=O) groups is 1. The highest BCUT2D eigenvalue weighted by Gasteiger charge is 2.32. The van der Waals surface area contributed by atoms with Crippen LogP contribution in [0.25, 0.3) is 0 Å². The zero-order valence-corrected chi connectivity index (χ0v) is 17.8. The lowest BCUT2D eigenvalue weighted by molar-refractivity contribution is -0.121. The second kappa shape index (κ2) is 8.45. The molecule has 1 fully saturated rings. The van der Waals surface area contributed by atoms with Gasteiger partial charge in [0, 0.05) is 31.9 Å². The monoisotopic (exact) mass is 431 g/mol. The molecule has 1 amide bonds. The molecule has 2 aromatic carbocycles. The van der Waals surface area contributed by atoms with Crippen molar-refractivity contribution in [3.05, 3.63) is 59.4 Å². The van der Waals surface area contributed by atoms with Crippen LogP contribution in [-0.4, -0.2) is 55.8 Å². The van der Waals surface area contributed by atoms with Gasteiger partial charge in [-0.2, -0.15) is 4.31 Å². The molecule has 0 spiro atoms. The third-order valence-electron chi connectivity index (χ3n) is 6.02. The summed E-state index contributed by atoms with van der Waals surface area (Å²) in [6, 6.07) is 10.7. The molecule has 2 aliphatic rings. The topological polar surface area (TPSA) is 69.7 Å². The molecule has 0 radical (unpaired) electrons. The minimum Gasteiger partial charge on any atom is -0.325 e. The fourth-order valence-electron chi connectivity index (χ4n) is 4.13. The van der Waals surface area contributed by atoms with Crippen molar-refractivity contribution in [1.29, 1.82) is 0 Å². The van der Waals surface area contributed by atoms with E-state index in [2.05, 4.69) is 5.32 Å². The second-order valence-corrected chi connectivity index (χ2v) is 9.83. The van der Waals surface area contributed by atoms with Crippen LogP contribution in [0.3, 0.4) is 0 Å². The summed E-state index contributed by atoms with van der Waals surface area (Å²) in [5.41, 5.74) is 2.92. The molecule has 1 saturated heterocycles. The molecule has 160 valence electrons. The number of anilines is 1. The van der Waals surface area contributed by atoms with E-state index in [0.29, 0.717) is 36.8 Å². The summed E-state index contributed by atoms with van der Waals surface area (Å²) in [4.78, 5) is 14.9. The molecule has 0 aromatic heterocycles. The number of fused-ring (bicyclic) bond motifs is 1. The van der Waals surface area contributed by atoms with E-state index in [1.165, 1.54) is 34.1 Å². The number of benzene rings is 2. The van der Waals surface area contributed by atoms with Crippen molar-refractivity contribution in [3.63, 3.8) is 0 Å². The van der Waals surface area contributed by atoms with Crippen molar-refractivity contribution in [2.75, 3.05) is 31.5 Å². The van der Waals surface area contributed by atoms with Gasteiger partial charge >= 0.3 is 0 Å². The average molecular weight is 432 g/mol. The molecule has 2 aromatic rings. The van der Waals surface area contributed by atoms with Crippen LogP contribution in [0.15, 0.2) is 47.4 Å². The first-order valence-electron chi connectivity index (χ1n) is 10.3. The van der Waals surface area contributed by atoms with Gasteiger partial charge in [-0.3, -0.25) is 9.69 Å². The van der Waals surface area contributed by atoms with Gasteiger partial charge in [-0.1, -0.05) is 6.07 Å². The lowest BCUT2D eigenvalue weighted by atomic mass is 10.1. The Morgan fingerprint density at radius 3 is 2.37 bits per heavy atom. The lowest BCUT2D eigenvalue weighted by Gasteiger charge is -2.36. The third kappa shape index (κ3) is 4.26. The minimum atomic E-state index is -3.54. The van der Waals surface area contributed by atoms with E-state index in [0.717, 1.165) is 24.8 Å². The number of nitrogens with one attached hydrogen (secondary N) is 1. The Kier molecular flexibility index (Phi) is 5.90. The van der Waals surface area contributed by atoms with Gasteiger partial charge < -0.3 is 5.32 Å². The van der Waals surface area contributed by atoms with E-state index >= 15 is 0 Å². The molecule has 1 aliphatic carbocycles. The number of halogens is 1. The first-order valence-corrected chi connectivity index (χ1v) is 11.7. The van der Waals surface area contributed by atoms with Crippen LogP contribution in [-0.2, 0) is 27.7 Å². The summed E-state index contributed by atoms with van der Waals surface area (Å²) in [6.45, 7) is 3.43. The summed E-state index contributed by atoms with van der Waals surface area (Å²) in [7, 11) is -3.54. The zero-order chi connectivity index (χ0) is 21.3. The zero-order valence-electron chi connectivity index (χ0n) is 17.0. The summed E-state index contributed by atoms with van der Waals surface area (Å²) in [6.07, 6.45) is 3.04. The highest BCUT2D eigenvalue weighted by molar-refractivity contribution is 7.89. The quantitative estimate of drug-likeness (QED) is 0.790. The highest BCUT2D eigenvalue weighted by atomic mass is 32.2. The van der Waals surface area contributed by atoms with Gasteiger partial charge in [0.05, 0.1) is 10.9 Å². The number of piperazine rings is 1. The molecule has 0 bridgehead atoms. The van der Waals surface area contributed by atoms with Crippen molar-refractivity contribution in [2.24, 2.45) is 0 Å². The number of carbonyl (C=O) groups excluding carboxylic acids is 1. The van der Waals surface area contributed by atoms with E-state index in [4.69, 9.17) is 0 Å². The molecule has 8 heteroatoms. The molecular weight excluding hydrogens is 405 g/mol. The molecule has 1 heterocycles. The Balaban J connectivity index is 1.37. The van der Waals surface area contributed by atoms with Gasteiger partial charge in [-0.25, -0.2) is 12.8 Å². The van der Waals surface area contributed by atoms with Crippen LogP contribution in [0.1, 0.15) is 24.5 Å². The van der Waals surface area contributed by atoms with Crippen LogP contribution in [0.2, 0.25) is 0 Å². The van der Waals surface area contributed by atoms with Crippen molar-refractivity contribution in [2.45, 2.75) is 37.1 Å². The fraction of sp³-hybridized carbons (Fsp3) is 0.409. The Bertz CT molecular complexity index is 1030. The van der Waals surface area contributed by atoms with Gasteiger partial charge in [-0.05, 0) is 73.7 Å². The Labute approximate surface area is 176 Å². The minimum absolute atomic E-state index is 0.198. The van der Waals surface area contributed by atoms with Crippen LogP contribution in [0.4, 0.5) is 10.1 Å². The molecule has 0 saturated carbocycles. The predicted octanol–water partition coefficient (Wildman–Crippen LogP) is 2.65. The number of hydrogen-bond donors (Lipinski definition) is 1. The first kappa shape index (κ1) is 21.0. The van der Waals surface area contributed by atoms with Crippen molar-refractivity contribution in [3.8, 4) is 0 Å². The number of aryl methyl sites for hydroxylation is 2. The van der Waals surface area contributed by atoms with E-state index in [-0.39, 0.29) is 11.7 Å². The van der Waals surface area contributed by atoms with Gasteiger partial charge in [0.25, 0.3) is 0 Å². The maximum Gasteiger partial charge on any atom is 0.243 e.